The van der Waals surface area contributed by atoms with Gasteiger partial charge in [-0.25, -0.2) is 0 Å². The molecule has 0 aliphatic carbocycles. The summed E-state index contributed by atoms with van der Waals surface area (Å²) in [6.07, 6.45) is -0.786. The van der Waals surface area contributed by atoms with Crippen LogP contribution in [0.5, 0.6) is 0 Å². The van der Waals surface area contributed by atoms with E-state index in [1.807, 2.05) is 0 Å². The summed E-state index contributed by atoms with van der Waals surface area (Å²) < 4.78 is 0. The van der Waals surface area contributed by atoms with Crippen LogP contribution < -0.4 is 21.3 Å². The summed E-state index contributed by atoms with van der Waals surface area (Å²) in [7, 11) is 0. The second kappa shape index (κ2) is 8.27. The van der Waals surface area contributed by atoms with Crippen molar-refractivity contribution in [1.82, 2.24) is 5.32 Å². The van der Waals surface area contributed by atoms with Crippen molar-refractivity contribution in [1.29, 1.82) is 0 Å². The number of benzene rings is 1. The largest absolute Gasteiger partial charge is 2.00 e. The zero-order valence-corrected chi connectivity index (χ0v) is 13.6. The second-order valence-corrected chi connectivity index (χ2v) is 3.88. The number of carbonyl (C=O) groups excluding carboxylic acids is 3. The maximum Gasteiger partial charge on any atom is 2.00 e. The molecule has 1 aromatic carbocycles. The molecular weight excluding hydrogens is 318 g/mol. The molecule has 3 N–H and O–H groups in total. The molecule has 8 heteroatoms. The Kier molecular flexibility index (Phi) is 7.46. The van der Waals surface area contributed by atoms with Crippen molar-refractivity contribution in [2.24, 2.45) is 0 Å². The first-order chi connectivity index (χ1) is 8.90. The molecule has 1 aromatic rings. The Morgan fingerprint density at radius 2 is 1.70 bits per heavy atom. The second-order valence-electron chi connectivity index (χ2n) is 3.88. The number of nitrogens with two attached hydrogens (primary N) is 1. The average molecular weight is 330 g/mol. The number of carboxylic acid groups (broad SMARTS) is 2. The van der Waals surface area contributed by atoms with Gasteiger partial charge in [0.05, 0.1) is 12.0 Å². The number of rotatable bonds is 6. The molecule has 0 aliphatic heterocycles. The van der Waals surface area contributed by atoms with Crippen molar-refractivity contribution >= 4 is 23.5 Å². The van der Waals surface area contributed by atoms with E-state index in [4.69, 9.17) is 5.73 Å². The van der Waals surface area contributed by atoms with Gasteiger partial charge < -0.3 is 30.9 Å². The molecule has 0 heterocycles. The van der Waals surface area contributed by atoms with Gasteiger partial charge in [-0.3, -0.25) is 4.79 Å². The van der Waals surface area contributed by atoms with Gasteiger partial charge in [-0.2, -0.15) is 0 Å². The molecule has 1 amide bonds. The third-order valence-corrected chi connectivity index (χ3v) is 2.40. The molecule has 0 radical (unpaired) electrons. The van der Waals surface area contributed by atoms with Crippen molar-refractivity contribution in [3.63, 3.8) is 0 Å². The fourth-order valence-corrected chi connectivity index (χ4v) is 1.39. The van der Waals surface area contributed by atoms with Crippen LogP contribution in [0.1, 0.15) is 23.2 Å². The minimum Gasteiger partial charge on any atom is -0.550 e. The topological polar surface area (TPSA) is 135 Å². The maximum atomic E-state index is 11.7. The molecule has 0 saturated heterocycles. The van der Waals surface area contributed by atoms with Gasteiger partial charge >= 0.3 is 19.5 Å². The molecule has 0 saturated carbocycles. The Hall–Kier alpha value is -1.95. The van der Waals surface area contributed by atoms with Crippen LogP contribution in [0.3, 0.4) is 0 Å². The van der Waals surface area contributed by atoms with Gasteiger partial charge in [0.2, 0.25) is 0 Å². The summed E-state index contributed by atoms with van der Waals surface area (Å²) in [6.45, 7) is 0. The number of anilines is 1. The van der Waals surface area contributed by atoms with Crippen molar-refractivity contribution < 1.29 is 44.1 Å². The molecule has 0 fully saturated rings. The van der Waals surface area contributed by atoms with E-state index >= 15 is 0 Å². The number of aliphatic carboxylic acids is 2. The van der Waals surface area contributed by atoms with Gasteiger partial charge in [0.15, 0.2) is 0 Å². The zero-order chi connectivity index (χ0) is 14.4. The molecule has 0 aromatic heterocycles. The number of amides is 1. The van der Waals surface area contributed by atoms with Crippen LogP contribution in [0.4, 0.5) is 5.69 Å². The first-order valence-corrected chi connectivity index (χ1v) is 5.47. The Balaban J connectivity index is 0.00000361. The Labute approximate surface area is 127 Å². The number of carboxylic acids is 2. The smallest absolute Gasteiger partial charge is 0.550 e. The summed E-state index contributed by atoms with van der Waals surface area (Å²) >= 11 is 0. The van der Waals surface area contributed by atoms with E-state index in [0.717, 1.165) is 0 Å². The molecule has 102 valence electrons. The molecule has 20 heavy (non-hydrogen) atoms. The third kappa shape index (κ3) is 5.80. The summed E-state index contributed by atoms with van der Waals surface area (Å²) in [5.74, 6) is -3.59. The molecule has 0 spiro atoms. The summed E-state index contributed by atoms with van der Waals surface area (Å²) in [5, 5.41) is 23.2. The maximum absolute atomic E-state index is 11.7. The van der Waals surface area contributed by atoms with Gasteiger partial charge in [-0.1, -0.05) is 0 Å². The van der Waals surface area contributed by atoms with Gasteiger partial charge in [-0.05, 0) is 37.1 Å². The van der Waals surface area contributed by atoms with Crippen LogP contribution in [0.25, 0.3) is 0 Å². The fourth-order valence-electron chi connectivity index (χ4n) is 1.39. The van der Waals surface area contributed by atoms with Crippen molar-refractivity contribution in [2.45, 2.75) is 18.9 Å². The van der Waals surface area contributed by atoms with E-state index in [1.165, 1.54) is 24.3 Å². The standard InChI is InChI=1S/C12H14N2O5.Zn/c13-8-3-1-7(2-4-8)11(17)14-9(12(18)19)5-6-10(15)16;/h1-4,9H,5-6,13H2,(H,14,17)(H,15,16)(H,18,19);/q;+2/p-2. The van der Waals surface area contributed by atoms with Gasteiger partial charge in [0, 0.05) is 17.2 Å². The molecule has 0 aliphatic rings. The predicted molar refractivity (Wildman–Crippen MR) is 61.4 cm³/mol. The van der Waals surface area contributed by atoms with Crippen LogP contribution in [0, 0.1) is 0 Å². The summed E-state index contributed by atoms with van der Waals surface area (Å²) in [4.78, 5) is 32.8. The monoisotopic (exact) mass is 328 g/mol. The molecule has 1 rings (SSSR count). The minimum absolute atomic E-state index is 0. The molecule has 1 unspecified atom stereocenters. The number of carbonyl (C=O) groups is 3. The number of nitrogen functional groups attached to an aromatic ring is 1. The summed E-state index contributed by atoms with van der Waals surface area (Å²) in [5.41, 5.74) is 6.13. The van der Waals surface area contributed by atoms with E-state index in [1.54, 1.807) is 0 Å². The van der Waals surface area contributed by atoms with E-state index in [9.17, 15) is 24.6 Å². The van der Waals surface area contributed by atoms with Gasteiger partial charge in [-0.15, -0.1) is 0 Å². The Bertz CT molecular complexity index is 489. The first-order valence-electron chi connectivity index (χ1n) is 5.47. The van der Waals surface area contributed by atoms with Crippen LogP contribution in [-0.4, -0.2) is 23.9 Å². The zero-order valence-electron chi connectivity index (χ0n) is 10.6. The minimum atomic E-state index is -1.55. The van der Waals surface area contributed by atoms with Crippen LogP contribution in [0.15, 0.2) is 24.3 Å². The number of hydrogen-bond donors (Lipinski definition) is 2. The molecule has 0 bridgehead atoms. The van der Waals surface area contributed by atoms with Gasteiger partial charge in [0.25, 0.3) is 5.91 Å². The van der Waals surface area contributed by atoms with Crippen molar-refractivity contribution in [3.8, 4) is 0 Å². The average Bonchev–Trinajstić information content (AvgIpc) is 2.34. The first kappa shape index (κ1) is 18.1. The fraction of sp³-hybridized carbons (Fsp3) is 0.250. The normalized spacial score (nSPS) is 11.0. The Morgan fingerprint density at radius 3 is 2.15 bits per heavy atom. The van der Waals surface area contributed by atoms with E-state index in [2.05, 4.69) is 5.32 Å². The predicted octanol–water partition coefficient (Wildman–Crippen LogP) is -2.36. The molecule has 1 atom stereocenters. The quantitative estimate of drug-likeness (QED) is 0.443. The molecular formula is C12H12N2O5Zn. The van der Waals surface area contributed by atoms with Crippen LogP contribution in [-0.2, 0) is 29.1 Å². The van der Waals surface area contributed by atoms with Gasteiger partial charge in [0.1, 0.15) is 0 Å². The third-order valence-electron chi connectivity index (χ3n) is 2.40. The van der Waals surface area contributed by atoms with Crippen LogP contribution >= 0.6 is 0 Å². The van der Waals surface area contributed by atoms with Crippen LogP contribution in [0.2, 0.25) is 0 Å². The number of hydrogen-bond acceptors (Lipinski definition) is 6. The SMILES string of the molecule is Nc1ccc(C(=O)NC(CCC(=O)[O-])C(=O)[O-])cc1.[Zn+2]. The van der Waals surface area contributed by atoms with E-state index < -0.39 is 30.3 Å². The number of nitrogens with one attached hydrogen (secondary N) is 1. The van der Waals surface area contributed by atoms with Crippen molar-refractivity contribution in [2.75, 3.05) is 5.73 Å². The van der Waals surface area contributed by atoms with Crippen molar-refractivity contribution in [3.05, 3.63) is 29.8 Å². The van der Waals surface area contributed by atoms with E-state index in [-0.39, 0.29) is 31.5 Å². The molecule has 7 nitrogen and oxygen atoms in total. The van der Waals surface area contributed by atoms with E-state index in [0.29, 0.717) is 5.69 Å². The Morgan fingerprint density at radius 1 is 1.15 bits per heavy atom. The summed E-state index contributed by atoms with van der Waals surface area (Å²) in [6, 6.07) is 4.45.